The number of nitrogens with zero attached hydrogens (tertiary/aromatic N) is 2. The SMILES string of the molecule is CN(OCc1ccccc1)C(=NOCc1ccccc1)S(C)=C=O. The second-order valence-electron chi connectivity index (χ2n) is 4.98. The minimum absolute atomic E-state index is 0.326. The van der Waals surface area contributed by atoms with Gasteiger partial charge in [-0.05, 0) is 27.9 Å². The van der Waals surface area contributed by atoms with Crippen LogP contribution in [0.4, 0.5) is 0 Å². The van der Waals surface area contributed by atoms with E-state index >= 15 is 0 Å². The third kappa shape index (κ3) is 5.66. The first kappa shape index (κ1) is 17.9. The van der Waals surface area contributed by atoms with Gasteiger partial charge in [0.05, 0.1) is 6.61 Å². The number of hydroxylamine groups is 2. The first-order chi connectivity index (χ1) is 11.7. The zero-order valence-electron chi connectivity index (χ0n) is 13.7. The van der Waals surface area contributed by atoms with Gasteiger partial charge in [-0.25, -0.2) is 9.86 Å². The van der Waals surface area contributed by atoms with Crippen molar-refractivity contribution in [3.8, 4) is 0 Å². The first-order valence-corrected chi connectivity index (χ1v) is 9.02. The molecule has 2 rings (SSSR count). The maximum absolute atomic E-state index is 11.0. The molecule has 2 aromatic rings. The fourth-order valence-electron chi connectivity index (χ4n) is 1.88. The van der Waals surface area contributed by atoms with E-state index in [-0.39, 0.29) is 0 Å². The molecule has 24 heavy (non-hydrogen) atoms. The van der Waals surface area contributed by atoms with E-state index in [4.69, 9.17) is 9.68 Å². The summed E-state index contributed by atoms with van der Waals surface area (Å²) in [5.74, 6) is 0. The number of amidine groups is 1. The van der Waals surface area contributed by atoms with Gasteiger partial charge in [-0.3, -0.25) is 4.84 Å². The Kier molecular flexibility index (Phi) is 7.23. The molecule has 0 saturated carbocycles. The molecule has 1 atom stereocenters. The van der Waals surface area contributed by atoms with E-state index in [1.807, 2.05) is 65.9 Å². The summed E-state index contributed by atoms with van der Waals surface area (Å²) in [5, 5.41) is 7.87. The van der Waals surface area contributed by atoms with Crippen LogP contribution in [0.3, 0.4) is 0 Å². The summed E-state index contributed by atoms with van der Waals surface area (Å²) >= 11 is 0. The summed E-state index contributed by atoms with van der Waals surface area (Å²) in [7, 11) is 0.863. The number of rotatable bonds is 6. The molecule has 0 fully saturated rings. The Morgan fingerprint density at radius 3 is 2.12 bits per heavy atom. The monoisotopic (exact) mass is 344 g/mol. The van der Waals surface area contributed by atoms with E-state index in [1.54, 1.807) is 13.3 Å². The molecular weight excluding hydrogens is 324 g/mol. The highest BCUT2D eigenvalue weighted by Gasteiger charge is 2.11. The van der Waals surface area contributed by atoms with Crippen LogP contribution in [0.25, 0.3) is 0 Å². The molecule has 0 saturated heterocycles. The van der Waals surface area contributed by atoms with E-state index in [0.29, 0.717) is 18.4 Å². The molecule has 126 valence electrons. The number of hydrogen-bond donors (Lipinski definition) is 0. The van der Waals surface area contributed by atoms with Crippen molar-refractivity contribution < 1.29 is 14.5 Å². The molecule has 0 aliphatic rings. The molecule has 2 aromatic carbocycles. The van der Waals surface area contributed by atoms with Crippen LogP contribution in [0, 0.1) is 0 Å². The molecule has 0 heterocycles. The fourth-order valence-corrected chi connectivity index (χ4v) is 2.56. The van der Waals surface area contributed by atoms with E-state index in [9.17, 15) is 4.79 Å². The first-order valence-electron chi connectivity index (χ1n) is 7.39. The maximum Gasteiger partial charge on any atom is 0.230 e. The van der Waals surface area contributed by atoms with Crippen LogP contribution in [0.1, 0.15) is 11.1 Å². The zero-order valence-corrected chi connectivity index (χ0v) is 14.5. The standard InChI is InChI=1S/C18H20N2O3S/c1-20(23-14-17-11-7-4-8-12-17)18(24(2)15-21)19-22-13-16-9-5-3-6-10-16/h3-12H,13-14H2,1-2H3. The molecule has 0 amide bonds. The van der Waals surface area contributed by atoms with Gasteiger partial charge < -0.3 is 4.84 Å². The Bertz CT molecular complexity index is 714. The topological polar surface area (TPSA) is 51.1 Å². The molecule has 1 unspecified atom stereocenters. The largest absolute Gasteiger partial charge is 0.389 e. The minimum atomic E-state index is -0.840. The summed E-state index contributed by atoms with van der Waals surface area (Å²) in [5.41, 5.74) is 2.03. The molecule has 0 aliphatic heterocycles. The summed E-state index contributed by atoms with van der Waals surface area (Å²) in [6.07, 6.45) is 1.72. The van der Waals surface area contributed by atoms with Gasteiger partial charge in [0.1, 0.15) is 6.61 Å². The van der Waals surface area contributed by atoms with Gasteiger partial charge in [0.25, 0.3) is 0 Å². The highest BCUT2D eigenvalue weighted by Crippen LogP contribution is 2.14. The van der Waals surface area contributed by atoms with Gasteiger partial charge in [-0.2, -0.15) is 0 Å². The summed E-state index contributed by atoms with van der Waals surface area (Å²) in [6.45, 7) is 0.706. The van der Waals surface area contributed by atoms with Crippen LogP contribution < -0.4 is 0 Å². The second kappa shape index (κ2) is 9.67. The van der Waals surface area contributed by atoms with E-state index in [1.165, 1.54) is 5.06 Å². The van der Waals surface area contributed by atoms with Crippen molar-refractivity contribution in [1.82, 2.24) is 5.06 Å². The van der Waals surface area contributed by atoms with Crippen molar-refractivity contribution in [3.05, 3.63) is 71.8 Å². The van der Waals surface area contributed by atoms with Crippen LogP contribution in [0.5, 0.6) is 0 Å². The van der Waals surface area contributed by atoms with Gasteiger partial charge in [-0.15, -0.1) is 0 Å². The average molecular weight is 344 g/mol. The summed E-state index contributed by atoms with van der Waals surface area (Å²) in [6, 6.07) is 19.5. The van der Waals surface area contributed by atoms with Crippen LogP contribution in [0.15, 0.2) is 65.8 Å². The predicted molar refractivity (Wildman–Crippen MR) is 96.9 cm³/mol. The third-order valence-corrected chi connectivity index (χ3v) is 4.28. The number of benzene rings is 2. The lowest BCUT2D eigenvalue weighted by Gasteiger charge is -2.19. The molecule has 0 spiro atoms. The Hall–Kier alpha value is -2.40. The molecule has 0 bridgehead atoms. The molecule has 0 aliphatic carbocycles. The van der Waals surface area contributed by atoms with Crippen molar-refractivity contribution in [2.24, 2.45) is 5.16 Å². The molecule has 0 aromatic heterocycles. The molecule has 5 nitrogen and oxygen atoms in total. The van der Waals surface area contributed by atoms with Gasteiger partial charge in [0, 0.05) is 7.05 Å². The van der Waals surface area contributed by atoms with Crippen LogP contribution >= 0.6 is 10.5 Å². The average Bonchev–Trinajstić information content (AvgIpc) is 2.64. The summed E-state index contributed by atoms with van der Waals surface area (Å²) < 4.78 is 0. The van der Waals surface area contributed by atoms with Crippen LogP contribution in [0.2, 0.25) is 0 Å². The van der Waals surface area contributed by atoms with Gasteiger partial charge in [-0.1, -0.05) is 65.8 Å². The molecular formula is C18H20N2O3S. The lowest BCUT2D eigenvalue weighted by atomic mass is 10.2. The number of oxime groups is 1. The quantitative estimate of drug-likeness (QED) is 0.348. The highest BCUT2D eigenvalue weighted by atomic mass is 32.2. The number of carbonyl (C=O) groups excluding carboxylic acids is 1. The lowest BCUT2D eigenvalue weighted by Crippen LogP contribution is -2.25. The van der Waals surface area contributed by atoms with E-state index in [2.05, 4.69) is 5.16 Å². The Morgan fingerprint density at radius 2 is 1.58 bits per heavy atom. The third-order valence-electron chi connectivity index (χ3n) is 3.15. The Labute approximate surface area is 144 Å². The molecule has 0 N–H and O–H groups in total. The van der Waals surface area contributed by atoms with E-state index < -0.39 is 10.5 Å². The highest BCUT2D eigenvalue weighted by molar-refractivity contribution is 8.26. The van der Waals surface area contributed by atoms with Crippen molar-refractivity contribution in [2.75, 3.05) is 13.3 Å². The van der Waals surface area contributed by atoms with Crippen molar-refractivity contribution in [2.45, 2.75) is 13.2 Å². The maximum atomic E-state index is 11.0. The van der Waals surface area contributed by atoms with Crippen molar-refractivity contribution >= 4 is 20.9 Å². The van der Waals surface area contributed by atoms with Crippen molar-refractivity contribution in [3.63, 3.8) is 0 Å². The van der Waals surface area contributed by atoms with Crippen LogP contribution in [-0.2, 0) is 27.7 Å². The minimum Gasteiger partial charge on any atom is -0.389 e. The smallest absolute Gasteiger partial charge is 0.230 e. The summed E-state index contributed by atoms with van der Waals surface area (Å²) in [4.78, 5) is 22.1. The van der Waals surface area contributed by atoms with Gasteiger partial charge in [0.2, 0.25) is 5.17 Å². The molecule has 0 radical (unpaired) electrons. The van der Waals surface area contributed by atoms with Crippen LogP contribution in [-0.4, -0.2) is 28.8 Å². The Morgan fingerprint density at radius 1 is 1.04 bits per heavy atom. The van der Waals surface area contributed by atoms with Gasteiger partial charge in [0.15, 0.2) is 5.23 Å². The lowest BCUT2D eigenvalue weighted by molar-refractivity contribution is -0.0914. The van der Waals surface area contributed by atoms with Crippen molar-refractivity contribution in [1.29, 1.82) is 0 Å². The number of hydrogen-bond acceptors (Lipinski definition) is 4. The normalized spacial score (nSPS) is 12.3. The van der Waals surface area contributed by atoms with Gasteiger partial charge >= 0.3 is 0 Å². The second-order valence-corrected chi connectivity index (χ2v) is 6.54. The van der Waals surface area contributed by atoms with E-state index in [0.717, 1.165) is 11.1 Å². The molecule has 6 heteroatoms. The fraction of sp³-hybridized carbons (Fsp3) is 0.222. The Balaban J connectivity index is 1.98. The predicted octanol–water partition coefficient (Wildman–Crippen LogP) is 3.50. The zero-order chi connectivity index (χ0) is 17.2.